The van der Waals surface area contributed by atoms with E-state index in [0.717, 1.165) is 12.8 Å². The van der Waals surface area contributed by atoms with Crippen LogP contribution in [0.4, 0.5) is 0 Å². The summed E-state index contributed by atoms with van der Waals surface area (Å²) in [6.07, 6.45) is 3.04. The zero-order valence-corrected chi connectivity index (χ0v) is 11.9. The van der Waals surface area contributed by atoms with Crippen molar-refractivity contribution in [2.24, 2.45) is 21.7 Å². The van der Waals surface area contributed by atoms with Gasteiger partial charge in [0.25, 0.3) is 0 Å². The van der Waals surface area contributed by atoms with E-state index >= 15 is 0 Å². The first-order valence-electron chi connectivity index (χ1n) is 6.35. The molecular weight excluding hydrogens is 228 g/mol. The normalized spacial score (nSPS) is 18.2. The van der Waals surface area contributed by atoms with Gasteiger partial charge in [0.2, 0.25) is 0 Å². The van der Waals surface area contributed by atoms with Crippen molar-refractivity contribution in [3.05, 3.63) is 0 Å². The number of nitrogens with zero attached hydrogens (tertiary/aromatic N) is 2. The molecule has 0 heterocycles. The molecule has 0 amide bonds. The largest absolute Gasteiger partial charge is 0.386 e. The average Bonchev–Trinajstić information content (AvgIpc) is 2.27. The fourth-order valence-electron chi connectivity index (χ4n) is 1.67. The third-order valence-corrected chi connectivity index (χ3v) is 3.13. The Balaban J connectivity index is 5.16. The molecule has 104 valence electrons. The van der Waals surface area contributed by atoms with Crippen LogP contribution < -0.4 is 11.5 Å². The summed E-state index contributed by atoms with van der Waals surface area (Å²) >= 11 is 0. The average molecular weight is 254 g/mol. The zero-order chi connectivity index (χ0) is 14.4. The van der Waals surface area contributed by atoms with E-state index in [1.54, 1.807) is 13.8 Å². The van der Waals surface area contributed by atoms with Gasteiger partial charge in [-0.15, -0.1) is 0 Å². The molecular formula is C12H26N6. The Morgan fingerprint density at radius 3 is 1.33 bits per heavy atom. The third kappa shape index (κ3) is 4.09. The highest BCUT2D eigenvalue weighted by atomic mass is 15.2. The molecule has 0 saturated carbocycles. The molecule has 0 radical (unpaired) electrons. The standard InChI is InChI=1S/C12H26N6/c1-5-7-11(3,9(13)14)17-18-12(4,8-6-2)10(15)16/h5-8H2,1-4H3,(H3,13,14)(H3,15,16)/b18-17+. The minimum absolute atomic E-state index is 0.00417. The molecule has 0 spiro atoms. The van der Waals surface area contributed by atoms with Crippen LogP contribution in [0.2, 0.25) is 0 Å². The molecule has 0 saturated heterocycles. The van der Waals surface area contributed by atoms with Gasteiger partial charge in [-0.3, -0.25) is 10.8 Å². The lowest BCUT2D eigenvalue weighted by Gasteiger charge is -2.26. The molecule has 0 fully saturated rings. The second-order valence-corrected chi connectivity index (χ2v) is 5.08. The Morgan fingerprint density at radius 2 is 1.17 bits per heavy atom. The van der Waals surface area contributed by atoms with E-state index in [1.165, 1.54) is 0 Å². The summed E-state index contributed by atoms with van der Waals surface area (Å²) in [7, 11) is 0. The molecule has 0 rings (SSSR count). The molecule has 0 aliphatic carbocycles. The van der Waals surface area contributed by atoms with Gasteiger partial charge in [-0.2, -0.15) is 10.2 Å². The second-order valence-electron chi connectivity index (χ2n) is 5.08. The van der Waals surface area contributed by atoms with Crippen LogP contribution in [0.25, 0.3) is 0 Å². The van der Waals surface area contributed by atoms with Gasteiger partial charge >= 0.3 is 0 Å². The predicted octanol–water partition coefficient (Wildman–Crippen LogP) is 2.43. The quantitative estimate of drug-likeness (QED) is 0.302. The van der Waals surface area contributed by atoms with Crippen LogP contribution in [0.5, 0.6) is 0 Å². The van der Waals surface area contributed by atoms with Crippen molar-refractivity contribution in [1.29, 1.82) is 10.8 Å². The SMILES string of the molecule is CCCC(C)(/N=N/C(C)(CCC)C(=N)N)C(=N)N. The topological polar surface area (TPSA) is 124 Å². The fraction of sp³-hybridized carbons (Fsp3) is 0.833. The molecule has 0 aromatic heterocycles. The van der Waals surface area contributed by atoms with Gasteiger partial charge in [0.1, 0.15) is 22.7 Å². The van der Waals surface area contributed by atoms with E-state index < -0.39 is 11.1 Å². The number of nitrogens with two attached hydrogens (primary N) is 2. The first-order chi connectivity index (χ1) is 8.22. The van der Waals surface area contributed by atoms with Gasteiger partial charge in [-0.1, -0.05) is 26.7 Å². The Labute approximate surface area is 109 Å². The van der Waals surface area contributed by atoms with Crippen molar-refractivity contribution >= 4 is 11.7 Å². The molecule has 6 heteroatoms. The Bertz CT molecular complexity index is 305. The predicted molar refractivity (Wildman–Crippen MR) is 75.3 cm³/mol. The fourth-order valence-corrected chi connectivity index (χ4v) is 1.67. The van der Waals surface area contributed by atoms with Crippen molar-refractivity contribution in [3.63, 3.8) is 0 Å². The highest BCUT2D eigenvalue weighted by Crippen LogP contribution is 2.23. The van der Waals surface area contributed by atoms with Crippen LogP contribution in [0.15, 0.2) is 10.2 Å². The molecule has 0 aromatic carbocycles. The first kappa shape index (κ1) is 16.5. The summed E-state index contributed by atoms with van der Waals surface area (Å²) in [5.74, 6) is -0.00833. The number of hydrogen-bond donors (Lipinski definition) is 4. The van der Waals surface area contributed by atoms with Crippen LogP contribution in [-0.4, -0.2) is 22.7 Å². The lowest BCUT2D eigenvalue weighted by molar-refractivity contribution is 0.460. The smallest absolute Gasteiger partial charge is 0.135 e. The lowest BCUT2D eigenvalue weighted by atomic mass is 9.95. The van der Waals surface area contributed by atoms with Gasteiger partial charge in [-0.05, 0) is 26.7 Å². The van der Waals surface area contributed by atoms with Crippen LogP contribution in [0.1, 0.15) is 53.4 Å². The van der Waals surface area contributed by atoms with E-state index in [0.29, 0.717) is 12.8 Å². The molecule has 0 aliphatic rings. The number of nitrogens with one attached hydrogen (secondary N) is 2. The molecule has 6 nitrogen and oxygen atoms in total. The number of rotatable bonds is 8. The molecule has 0 aliphatic heterocycles. The van der Waals surface area contributed by atoms with E-state index in [4.69, 9.17) is 22.3 Å². The van der Waals surface area contributed by atoms with Gasteiger partial charge < -0.3 is 11.5 Å². The van der Waals surface area contributed by atoms with Crippen molar-refractivity contribution in [3.8, 4) is 0 Å². The first-order valence-corrected chi connectivity index (χ1v) is 6.35. The molecule has 0 bridgehead atoms. The van der Waals surface area contributed by atoms with Gasteiger partial charge in [-0.25, -0.2) is 0 Å². The maximum Gasteiger partial charge on any atom is 0.135 e. The minimum Gasteiger partial charge on any atom is -0.386 e. The second kappa shape index (κ2) is 6.47. The van der Waals surface area contributed by atoms with Crippen LogP contribution in [0, 0.1) is 10.8 Å². The maximum absolute atomic E-state index is 7.61. The van der Waals surface area contributed by atoms with Crippen molar-refractivity contribution in [2.45, 2.75) is 64.5 Å². The third-order valence-electron chi connectivity index (χ3n) is 3.13. The number of hydrogen-bond acceptors (Lipinski definition) is 4. The summed E-state index contributed by atoms with van der Waals surface area (Å²) < 4.78 is 0. The number of azo groups is 1. The number of amidine groups is 2. The molecule has 18 heavy (non-hydrogen) atoms. The molecule has 2 unspecified atom stereocenters. The Kier molecular flexibility index (Phi) is 5.94. The van der Waals surface area contributed by atoms with Crippen molar-refractivity contribution < 1.29 is 0 Å². The van der Waals surface area contributed by atoms with Crippen LogP contribution >= 0.6 is 0 Å². The van der Waals surface area contributed by atoms with E-state index in [9.17, 15) is 0 Å². The Hall–Kier alpha value is -1.46. The summed E-state index contributed by atoms with van der Waals surface area (Å²) in [5, 5.41) is 23.6. The van der Waals surface area contributed by atoms with Gasteiger partial charge in [0.05, 0.1) is 0 Å². The lowest BCUT2D eigenvalue weighted by Crippen LogP contribution is -2.42. The summed E-state index contributed by atoms with van der Waals surface area (Å²) in [5.41, 5.74) is 9.58. The Morgan fingerprint density at radius 1 is 0.889 bits per heavy atom. The van der Waals surface area contributed by atoms with E-state index in [-0.39, 0.29) is 11.7 Å². The monoisotopic (exact) mass is 254 g/mol. The van der Waals surface area contributed by atoms with Crippen molar-refractivity contribution in [1.82, 2.24) is 0 Å². The zero-order valence-electron chi connectivity index (χ0n) is 11.9. The van der Waals surface area contributed by atoms with E-state index in [2.05, 4.69) is 10.2 Å². The molecule has 2 atom stereocenters. The van der Waals surface area contributed by atoms with Crippen molar-refractivity contribution in [2.75, 3.05) is 0 Å². The highest BCUT2D eigenvalue weighted by Gasteiger charge is 2.31. The summed E-state index contributed by atoms with van der Waals surface area (Å²) in [6, 6.07) is 0. The minimum atomic E-state index is -0.792. The van der Waals surface area contributed by atoms with E-state index in [1.807, 2.05) is 13.8 Å². The van der Waals surface area contributed by atoms with Gasteiger partial charge in [0.15, 0.2) is 0 Å². The summed E-state index contributed by atoms with van der Waals surface area (Å²) in [4.78, 5) is 0. The van der Waals surface area contributed by atoms with Crippen LogP contribution in [0.3, 0.4) is 0 Å². The summed E-state index contributed by atoms with van der Waals surface area (Å²) in [6.45, 7) is 7.59. The van der Waals surface area contributed by atoms with Crippen LogP contribution in [-0.2, 0) is 0 Å². The maximum atomic E-state index is 7.61. The highest BCUT2D eigenvalue weighted by molar-refractivity contribution is 5.88. The molecule has 6 N–H and O–H groups in total. The van der Waals surface area contributed by atoms with Gasteiger partial charge in [0, 0.05) is 0 Å². The molecule has 0 aromatic rings.